The monoisotopic (exact) mass is 546 g/mol. The van der Waals surface area contributed by atoms with Crippen LogP contribution in [0.5, 0.6) is 11.5 Å². The van der Waals surface area contributed by atoms with E-state index in [-0.39, 0.29) is 40.0 Å². The number of carbonyl (C=O) groups excluding carboxylic acids is 4. The van der Waals surface area contributed by atoms with E-state index in [0.717, 1.165) is 4.90 Å². The van der Waals surface area contributed by atoms with Crippen molar-refractivity contribution >= 4 is 58.3 Å². The van der Waals surface area contributed by atoms with Crippen LogP contribution in [0.2, 0.25) is 0 Å². The third kappa shape index (κ3) is 4.30. The van der Waals surface area contributed by atoms with E-state index in [1.54, 1.807) is 18.2 Å². The summed E-state index contributed by atoms with van der Waals surface area (Å²) in [7, 11) is 2.96. The van der Waals surface area contributed by atoms with Gasteiger partial charge in [-0.1, -0.05) is 0 Å². The number of rotatable bonds is 7. The molecule has 3 aliphatic rings. The number of nitrogens with one attached hydrogen (secondary N) is 1. The Morgan fingerprint density at radius 3 is 2.14 bits per heavy atom. The van der Waals surface area contributed by atoms with E-state index in [1.165, 1.54) is 38.5 Å². The average molecular weight is 547 g/mol. The van der Waals surface area contributed by atoms with Crippen molar-refractivity contribution in [2.24, 2.45) is 23.7 Å². The Kier molecular flexibility index (Phi) is 6.76. The molecule has 6 atom stereocenters. The van der Waals surface area contributed by atoms with E-state index in [0.29, 0.717) is 29.3 Å². The molecule has 9 nitrogen and oxygen atoms in total. The van der Waals surface area contributed by atoms with Crippen molar-refractivity contribution < 1.29 is 33.4 Å². The van der Waals surface area contributed by atoms with Crippen molar-refractivity contribution in [3.63, 3.8) is 0 Å². The van der Waals surface area contributed by atoms with Crippen LogP contribution < -0.4 is 19.7 Å². The number of fused-ring (bicyclic) bond motifs is 5. The molecule has 5 rings (SSSR count). The summed E-state index contributed by atoms with van der Waals surface area (Å²) >= 11 is 12.8. The SMILES string of the molecule is COc1ccc(OC)c(NC(=O)COC(=O)c2ccc(N3C(=O)[C@@H]4[C@H]5C[C@@H]([C@@H](Cl)[C@H]5Cl)[C@H]4C3=O)cc2)c1. The first kappa shape index (κ1) is 25.4. The molecule has 2 aromatic rings. The highest BCUT2D eigenvalue weighted by Gasteiger charge is 2.66. The molecule has 0 unspecified atom stereocenters. The predicted molar refractivity (Wildman–Crippen MR) is 135 cm³/mol. The third-order valence-electron chi connectivity index (χ3n) is 7.36. The molecule has 1 N–H and O–H groups in total. The summed E-state index contributed by atoms with van der Waals surface area (Å²) < 4.78 is 15.5. The first-order valence-corrected chi connectivity index (χ1v) is 12.6. The average Bonchev–Trinajstić information content (AvgIpc) is 3.52. The molecule has 2 saturated carbocycles. The normalized spacial score (nSPS) is 27.7. The van der Waals surface area contributed by atoms with Gasteiger partial charge < -0.3 is 19.5 Å². The van der Waals surface area contributed by atoms with Crippen molar-refractivity contribution in [3.05, 3.63) is 48.0 Å². The van der Waals surface area contributed by atoms with E-state index in [2.05, 4.69) is 5.32 Å². The molecule has 194 valence electrons. The molecular formula is C26H24Cl2N2O7. The van der Waals surface area contributed by atoms with E-state index in [1.807, 2.05) is 0 Å². The fraction of sp³-hybridized carbons (Fsp3) is 0.385. The molecule has 11 heteroatoms. The van der Waals surface area contributed by atoms with Crippen LogP contribution in [-0.4, -0.2) is 55.3 Å². The fourth-order valence-corrected chi connectivity index (χ4v) is 6.56. The van der Waals surface area contributed by atoms with Crippen molar-refractivity contribution in [3.8, 4) is 11.5 Å². The lowest BCUT2D eigenvalue weighted by Crippen LogP contribution is -2.37. The maximum Gasteiger partial charge on any atom is 0.338 e. The number of amides is 3. The minimum atomic E-state index is -0.733. The fourth-order valence-electron chi connectivity index (χ4n) is 5.66. The van der Waals surface area contributed by atoms with Gasteiger partial charge in [0.1, 0.15) is 11.5 Å². The van der Waals surface area contributed by atoms with Gasteiger partial charge in [0.05, 0.1) is 53.7 Å². The van der Waals surface area contributed by atoms with E-state index in [9.17, 15) is 19.2 Å². The van der Waals surface area contributed by atoms with Gasteiger partial charge in [0.25, 0.3) is 5.91 Å². The Hall–Kier alpha value is -3.30. The number of imide groups is 1. The molecule has 1 saturated heterocycles. The molecule has 2 aliphatic carbocycles. The molecule has 3 fully saturated rings. The zero-order valence-electron chi connectivity index (χ0n) is 20.0. The van der Waals surface area contributed by atoms with Crippen LogP contribution in [0.3, 0.4) is 0 Å². The molecule has 0 radical (unpaired) electrons. The lowest BCUT2D eigenvalue weighted by atomic mass is 9.80. The zero-order valence-corrected chi connectivity index (χ0v) is 21.5. The minimum absolute atomic E-state index is 0.113. The van der Waals surface area contributed by atoms with Crippen LogP contribution in [0.1, 0.15) is 16.8 Å². The van der Waals surface area contributed by atoms with Gasteiger partial charge in [0.15, 0.2) is 6.61 Å². The van der Waals surface area contributed by atoms with Gasteiger partial charge in [0, 0.05) is 6.07 Å². The number of carbonyl (C=O) groups is 4. The number of benzene rings is 2. The van der Waals surface area contributed by atoms with Crippen molar-refractivity contribution in [2.45, 2.75) is 17.2 Å². The summed E-state index contributed by atoms with van der Waals surface area (Å²) in [6, 6.07) is 10.8. The second kappa shape index (κ2) is 9.87. The Morgan fingerprint density at radius 1 is 0.946 bits per heavy atom. The van der Waals surface area contributed by atoms with E-state index < -0.39 is 30.3 Å². The highest BCUT2D eigenvalue weighted by molar-refractivity contribution is 6.32. The summed E-state index contributed by atoms with van der Waals surface area (Å²) in [6.45, 7) is -0.532. The zero-order chi connectivity index (χ0) is 26.4. The minimum Gasteiger partial charge on any atom is -0.497 e. The van der Waals surface area contributed by atoms with Crippen LogP contribution >= 0.6 is 23.2 Å². The molecule has 37 heavy (non-hydrogen) atoms. The number of hydrogen-bond donors (Lipinski definition) is 1. The van der Waals surface area contributed by atoms with Crippen LogP contribution in [0.25, 0.3) is 0 Å². The van der Waals surface area contributed by atoms with E-state index >= 15 is 0 Å². The molecule has 2 aromatic carbocycles. The standard InChI is InChI=1S/C26H24Cl2N2O7/c1-35-14-7-8-18(36-2)17(9-14)29-19(31)11-37-26(34)12-3-5-13(6-4-12)30-24(32)20-15-10-16(21(20)25(30)33)23(28)22(15)27/h3-9,15-16,20-23H,10-11H2,1-2H3,(H,29,31)/t15-,16-,20-,21-,22-,23+/m1/s1. The Labute approximate surface area is 222 Å². The number of nitrogens with zero attached hydrogens (tertiary/aromatic N) is 1. The molecule has 0 aromatic heterocycles. The smallest absolute Gasteiger partial charge is 0.338 e. The first-order chi connectivity index (χ1) is 17.7. The summed E-state index contributed by atoms with van der Waals surface area (Å²) in [6.07, 6.45) is 0.686. The van der Waals surface area contributed by atoms with E-state index in [4.69, 9.17) is 37.4 Å². The van der Waals surface area contributed by atoms with Crippen LogP contribution in [0.15, 0.2) is 42.5 Å². The Morgan fingerprint density at radius 2 is 1.57 bits per heavy atom. The second-order valence-electron chi connectivity index (χ2n) is 9.25. The largest absolute Gasteiger partial charge is 0.497 e. The molecule has 1 heterocycles. The first-order valence-electron chi connectivity index (χ1n) is 11.7. The summed E-state index contributed by atoms with van der Waals surface area (Å²) in [5.74, 6) is -2.07. The number of halogens is 2. The predicted octanol–water partition coefficient (Wildman–Crippen LogP) is 3.47. The van der Waals surface area contributed by atoms with Gasteiger partial charge in [-0.05, 0) is 54.7 Å². The van der Waals surface area contributed by atoms with Gasteiger partial charge in [-0.15, -0.1) is 23.2 Å². The Balaban J connectivity index is 1.21. The lowest BCUT2D eigenvalue weighted by molar-refractivity contribution is -0.123. The van der Waals surface area contributed by atoms with Gasteiger partial charge >= 0.3 is 5.97 Å². The summed E-state index contributed by atoms with van der Waals surface area (Å²) in [4.78, 5) is 52.2. The molecule has 2 bridgehead atoms. The topological polar surface area (TPSA) is 111 Å². The summed E-state index contributed by atoms with van der Waals surface area (Å²) in [5, 5.41) is 1.96. The van der Waals surface area contributed by atoms with Crippen molar-refractivity contribution in [2.75, 3.05) is 31.0 Å². The number of hydrogen-bond acceptors (Lipinski definition) is 7. The molecule has 1 aliphatic heterocycles. The number of ether oxygens (including phenoxy) is 3. The number of anilines is 2. The van der Waals surface area contributed by atoms with Gasteiger partial charge in [-0.3, -0.25) is 19.3 Å². The van der Waals surface area contributed by atoms with Gasteiger partial charge in [-0.25, -0.2) is 4.79 Å². The highest BCUT2D eigenvalue weighted by Crippen LogP contribution is 2.59. The summed E-state index contributed by atoms with van der Waals surface area (Å²) in [5.41, 5.74) is 0.892. The molecule has 0 spiro atoms. The second-order valence-corrected chi connectivity index (χ2v) is 10.3. The van der Waals surface area contributed by atoms with Crippen molar-refractivity contribution in [1.82, 2.24) is 0 Å². The van der Waals surface area contributed by atoms with Crippen LogP contribution in [0, 0.1) is 23.7 Å². The van der Waals surface area contributed by atoms with Gasteiger partial charge in [-0.2, -0.15) is 0 Å². The maximum absolute atomic E-state index is 13.1. The lowest BCUT2D eigenvalue weighted by Gasteiger charge is -2.28. The van der Waals surface area contributed by atoms with Crippen LogP contribution in [0.4, 0.5) is 11.4 Å². The van der Waals surface area contributed by atoms with Gasteiger partial charge in [0.2, 0.25) is 11.8 Å². The number of esters is 1. The molecular weight excluding hydrogens is 523 g/mol. The Bertz CT molecular complexity index is 1240. The van der Waals surface area contributed by atoms with Crippen molar-refractivity contribution in [1.29, 1.82) is 0 Å². The number of alkyl halides is 2. The molecule has 3 amide bonds. The maximum atomic E-state index is 13.1. The third-order valence-corrected chi connectivity index (χ3v) is 8.68. The highest BCUT2D eigenvalue weighted by atomic mass is 35.5. The quantitative estimate of drug-likeness (QED) is 0.321. The number of methoxy groups -OCH3 is 2. The van der Waals surface area contributed by atoms with Crippen LogP contribution in [-0.2, 0) is 19.1 Å².